The number of aliphatic hydroxyl groups excluding tert-OH is 1. The van der Waals surface area contributed by atoms with Crippen molar-refractivity contribution in [1.82, 2.24) is 20.5 Å². The Balaban J connectivity index is 0.866. The van der Waals surface area contributed by atoms with E-state index in [9.17, 15) is 24.6 Å². The second kappa shape index (κ2) is 18.3. The van der Waals surface area contributed by atoms with Crippen LogP contribution in [0.3, 0.4) is 0 Å². The molecule has 5 N–H and O–H groups in total. The summed E-state index contributed by atoms with van der Waals surface area (Å²) in [6, 6.07) is 30.2. The van der Waals surface area contributed by atoms with Gasteiger partial charge in [0.25, 0.3) is 0 Å². The number of aromatic amines is 1. The molecule has 12 heteroatoms. The molecule has 0 spiro atoms. The molecule has 3 saturated heterocycles. The highest BCUT2D eigenvalue weighted by atomic mass is 16.6. The summed E-state index contributed by atoms with van der Waals surface area (Å²) in [4.78, 5) is 42.7. The molecule has 292 valence electrons. The molecule has 8 rings (SSSR count). The monoisotopic (exact) mass is 760 g/mol. The number of carbonyl (C=O) groups excluding carboxylic acids is 2. The Labute approximate surface area is 325 Å². The maximum atomic E-state index is 13.2. The fourth-order valence-corrected chi connectivity index (χ4v) is 7.58. The van der Waals surface area contributed by atoms with Crippen molar-refractivity contribution in [3.05, 3.63) is 141 Å². The van der Waals surface area contributed by atoms with E-state index in [0.29, 0.717) is 46.7 Å². The fraction of sp³-hybridized carbons (Fsp3) is 0.341. The number of fused-ring (bicyclic) bond motifs is 4. The Kier molecular flexibility index (Phi) is 12.6. The molecule has 4 heterocycles. The lowest BCUT2D eigenvalue weighted by Crippen LogP contribution is -2.52. The molecular formula is C44H48N4O8. The van der Waals surface area contributed by atoms with Gasteiger partial charge in [0.1, 0.15) is 24.2 Å². The standard InChI is InChI=1S/C44H48N4O8/c49-37-16-14-35(36-15-17-40(51)46-42(36)37)38(50)26-45-20-4-5-23-54-43(52)33-12-6-8-29(24-33)28-55-34-13-7-11-32(25-34)41(31-9-2-1-3-10-31)47-44(53)56-39-27-48-21-18-30(39)19-22-48/h1-3,6-17,24-25,30,38-39,41,45,49-50H,4-5,18-23,26-28H2,(H,46,51)(H,47,53)/t38-,39-,41?/m0/s1. The van der Waals surface area contributed by atoms with E-state index in [2.05, 4.69) is 20.5 Å². The molecule has 3 fully saturated rings. The van der Waals surface area contributed by atoms with Gasteiger partial charge in [-0.15, -0.1) is 0 Å². The first kappa shape index (κ1) is 38.6. The summed E-state index contributed by atoms with van der Waals surface area (Å²) in [5.74, 6) is 0.560. The van der Waals surface area contributed by atoms with Crippen LogP contribution in [0.2, 0.25) is 0 Å². The van der Waals surface area contributed by atoms with Crippen molar-refractivity contribution < 1.29 is 34.0 Å². The number of aromatic hydroxyl groups is 1. The van der Waals surface area contributed by atoms with Crippen LogP contribution in [0.1, 0.15) is 70.4 Å². The Morgan fingerprint density at radius 1 is 0.893 bits per heavy atom. The Bertz CT molecular complexity index is 2170. The van der Waals surface area contributed by atoms with Crippen molar-refractivity contribution in [3.63, 3.8) is 0 Å². The van der Waals surface area contributed by atoms with E-state index in [1.54, 1.807) is 30.3 Å². The normalized spacial score (nSPS) is 18.6. The number of H-pyrrole nitrogens is 1. The minimum Gasteiger partial charge on any atom is -0.506 e. The lowest BCUT2D eigenvalue weighted by atomic mass is 9.86. The molecule has 0 aliphatic carbocycles. The van der Waals surface area contributed by atoms with Gasteiger partial charge in [-0.1, -0.05) is 60.7 Å². The van der Waals surface area contributed by atoms with Gasteiger partial charge in [-0.3, -0.25) is 9.69 Å². The molecule has 0 saturated carbocycles. The summed E-state index contributed by atoms with van der Waals surface area (Å²) in [7, 11) is 0. The van der Waals surface area contributed by atoms with Crippen LogP contribution in [0, 0.1) is 5.92 Å². The average Bonchev–Trinajstić information content (AvgIpc) is 3.23. The van der Waals surface area contributed by atoms with Crippen LogP contribution >= 0.6 is 0 Å². The van der Waals surface area contributed by atoms with Gasteiger partial charge in [0.2, 0.25) is 5.56 Å². The predicted molar refractivity (Wildman–Crippen MR) is 212 cm³/mol. The summed E-state index contributed by atoms with van der Waals surface area (Å²) in [5.41, 5.74) is 3.57. The van der Waals surface area contributed by atoms with E-state index < -0.39 is 24.2 Å². The van der Waals surface area contributed by atoms with Gasteiger partial charge in [0.05, 0.1) is 29.8 Å². The average molecular weight is 761 g/mol. The van der Waals surface area contributed by atoms with Crippen LogP contribution in [0.4, 0.5) is 4.79 Å². The van der Waals surface area contributed by atoms with Gasteiger partial charge < -0.3 is 40.0 Å². The van der Waals surface area contributed by atoms with Crippen molar-refractivity contribution in [2.45, 2.75) is 50.5 Å². The number of pyridine rings is 1. The van der Waals surface area contributed by atoms with Gasteiger partial charge >= 0.3 is 12.1 Å². The number of piperidine rings is 3. The predicted octanol–water partition coefficient (Wildman–Crippen LogP) is 5.98. The third kappa shape index (κ3) is 9.75. The largest absolute Gasteiger partial charge is 0.506 e. The van der Waals surface area contributed by atoms with Crippen molar-refractivity contribution in [3.8, 4) is 11.5 Å². The number of hydrogen-bond acceptors (Lipinski definition) is 10. The summed E-state index contributed by atoms with van der Waals surface area (Å²) in [6.45, 7) is 4.28. The number of phenolic OH excluding ortho intramolecular Hbond substituents is 1. The fourth-order valence-electron chi connectivity index (χ4n) is 7.58. The third-order valence-electron chi connectivity index (χ3n) is 10.6. The second-order valence-corrected chi connectivity index (χ2v) is 14.5. The van der Waals surface area contributed by atoms with Gasteiger partial charge in [0, 0.05) is 24.5 Å². The highest BCUT2D eigenvalue weighted by molar-refractivity contribution is 5.89. The quantitative estimate of drug-likeness (QED) is 0.0598. The number of esters is 1. The first-order valence-corrected chi connectivity index (χ1v) is 19.3. The van der Waals surface area contributed by atoms with Gasteiger partial charge in [-0.25, -0.2) is 9.59 Å². The molecular weight excluding hydrogens is 713 g/mol. The number of benzene rings is 4. The minimum atomic E-state index is -0.847. The first-order chi connectivity index (χ1) is 27.3. The van der Waals surface area contributed by atoms with E-state index >= 15 is 0 Å². The number of amides is 1. The summed E-state index contributed by atoms with van der Waals surface area (Å²) < 4.78 is 17.7. The molecule has 12 nitrogen and oxygen atoms in total. The Hall–Kier alpha value is -5.69. The van der Waals surface area contributed by atoms with E-state index in [-0.39, 0.29) is 37.2 Å². The molecule has 4 aromatic carbocycles. The zero-order chi connectivity index (χ0) is 38.9. The van der Waals surface area contributed by atoms with E-state index in [1.807, 2.05) is 60.7 Å². The topological polar surface area (TPSA) is 162 Å². The van der Waals surface area contributed by atoms with Crippen LogP contribution in [-0.2, 0) is 16.1 Å². The van der Waals surface area contributed by atoms with Crippen LogP contribution in [-0.4, -0.2) is 77.6 Å². The maximum absolute atomic E-state index is 13.2. The zero-order valence-electron chi connectivity index (χ0n) is 31.2. The van der Waals surface area contributed by atoms with Gasteiger partial charge in [-0.2, -0.15) is 0 Å². The lowest BCUT2D eigenvalue weighted by Gasteiger charge is -2.43. The lowest BCUT2D eigenvalue weighted by molar-refractivity contribution is -0.0336. The van der Waals surface area contributed by atoms with Crippen molar-refractivity contribution >= 4 is 23.0 Å². The van der Waals surface area contributed by atoms with E-state index in [0.717, 1.165) is 55.6 Å². The number of aliphatic hydroxyl groups is 1. The minimum absolute atomic E-state index is 0.0559. The number of hydrogen-bond donors (Lipinski definition) is 5. The molecule has 3 atom stereocenters. The summed E-state index contributed by atoms with van der Waals surface area (Å²) >= 11 is 0. The molecule has 5 aromatic rings. The SMILES string of the molecule is O=C(NC(c1ccccc1)c1cccc(OCc2cccc(C(=O)OCCCCNC[C@H](O)c3ccc(O)c4[nH]c(=O)ccc34)c2)c1)O[C@H]1CN2CCC1CC2. The van der Waals surface area contributed by atoms with Crippen LogP contribution in [0.5, 0.6) is 11.5 Å². The van der Waals surface area contributed by atoms with Crippen molar-refractivity contribution in [2.75, 3.05) is 39.3 Å². The summed E-state index contributed by atoms with van der Waals surface area (Å²) in [6.07, 6.45) is 2.10. The van der Waals surface area contributed by atoms with Crippen LogP contribution in [0.25, 0.3) is 10.9 Å². The van der Waals surface area contributed by atoms with Crippen molar-refractivity contribution in [2.24, 2.45) is 5.92 Å². The molecule has 3 aliphatic heterocycles. The number of carbonyl (C=O) groups is 2. The smallest absolute Gasteiger partial charge is 0.408 e. The number of phenols is 1. The number of aromatic nitrogens is 1. The number of nitrogens with one attached hydrogen (secondary N) is 3. The molecule has 56 heavy (non-hydrogen) atoms. The van der Waals surface area contributed by atoms with Crippen LogP contribution < -0.4 is 20.9 Å². The zero-order valence-corrected chi connectivity index (χ0v) is 31.2. The second-order valence-electron chi connectivity index (χ2n) is 14.5. The molecule has 1 amide bonds. The maximum Gasteiger partial charge on any atom is 0.408 e. The third-order valence-corrected chi connectivity index (χ3v) is 10.6. The van der Waals surface area contributed by atoms with Gasteiger partial charge in [-0.05, 0) is 110 Å². The molecule has 1 unspecified atom stereocenters. The van der Waals surface area contributed by atoms with Crippen molar-refractivity contribution in [1.29, 1.82) is 0 Å². The number of rotatable bonds is 16. The number of ether oxygens (including phenoxy) is 3. The highest BCUT2D eigenvalue weighted by Crippen LogP contribution is 2.31. The van der Waals surface area contributed by atoms with E-state index in [4.69, 9.17) is 14.2 Å². The Morgan fingerprint density at radius 2 is 1.70 bits per heavy atom. The number of nitrogens with zero attached hydrogens (tertiary/aromatic N) is 1. The van der Waals surface area contributed by atoms with E-state index in [1.165, 1.54) is 12.1 Å². The number of alkyl carbamates (subject to hydrolysis) is 1. The first-order valence-electron chi connectivity index (χ1n) is 19.3. The highest BCUT2D eigenvalue weighted by Gasteiger charge is 2.37. The van der Waals surface area contributed by atoms with Gasteiger partial charge in [0.15, 0.2) is 0 Å². The molecule has 2 bridgehead atoms. The Morgan fingerprint density at radius 3 is 2.50 bits per heavy atom. The summed E-state index contributed by atoms with van der Waals surface area (Å²) in [5, 5.41) is 27.7. The molecule has 1 aromatic heterocycles. The molecule has 0 radical (unpaired) electrons. The number of unbranched alkanes of at least 4 members (excludes halogenated alkanes) is 1. The van der Waals surface area contributed by atoms with Crippen LogP contribution in [0.15, 0.2) is 108 Å². The molecule has 3 aliphatic rings.